The summed E-state index contributed by atoms with van der Waals surface area (Å²) in [7, 11) is 5.42. The average molecular weight is 640 g/mol. The van der Waals surface area contributed by atoms with E-state index < -0.39 is 12.2 Å². The maximum atomic E-state index is 14.2. The first-order valence-electron chi connectivity index (χ1n) is 14.3. The van der Waals surface area contributed by atoms with E-state index in [0.717, 1.165) is 22.4 Å². The summed E-state index contributed by atoms with van der Waals surface area (Å²) >= 11 is 13.0. The number of hydrogen-bond acceptors (Lipinski definition) is 6. The molecule has 2 aliphatic heterocycles. The number of piperazine rings is 1. The normalized spacial score (nSPS) is 19.5. The third-order valence-corrected chi connectivity index (χ3v) is 8.57. The molecule has 44 heavy (non-hydrogen) atoms. The van der Waals surface area contributed by atoms with Crippen LogP contribution in [0.3, 0.4) is 0 Å². The van der Waals surface area contributed by atoms with Gasteiger partial charge in [0.05, 0.1) is 29.8 Å². The number of fused-ring (bicyclic) bond motifs is 1. The summed E-state index contributed by atoms with van der Waals surface area (Å²) in [6.45, 7) is 2.07. The second kappa shape index (κ2) is 12.9. The van der Waals surface area contributed by atoms with E-state index in [1.165, 1.54) is 9.91 Å². The summed E-state index contributed by atoms with van der Waals surface area (Å²) in [5.74, 6) is -0.413. The molecule has 0 aromatic heterocycles. The molecule has 2 N–H and O–H groups in total. The van der Waals surface area contributed by atoms with Gasteiger partial charge < -0.3 is 25.1 Å². The first-order chi connectivity index (χ1) is 20.9. The molecule has 2 saturated heterocycles. The quantitative estimate of drug-likeness (QED) is 0.395. The Bertz CT molecular complexity index is 1540. The van der Waals surface area contributed by atoms with Gasteiger partial charge in [0.2, 0.25) is 11.8 Å². The van der Waals surface area contributed by atoms with E-state index in [1.807, 2.05) is 56.3 Å². The highest BCUT2D eigenvalue weighted by Gasteiger charge is 2.51. The lowest BCUT2D eigenvalue weighted by Crippen LogP contribution is -2.76. The van der Waals surface area contributed by atoms with E-state index in [4.69, 9.17) is 23.2 Å². The largest absolute Gasteiger partial charge is 0.508 e. The Balaban J connectivity index is 1.52. The highest BCUT2D eigenvalue weighted by molar-refractivity contribution is 6.36. The van der Waals surface area contributed by atoms with Crippen LogP contribution in [0.5, 0.6) is 5.75 Å². The van der Waals surface area contributed by atoms with Crippen molar-refractivity contribution in [3.63, 3.8) is 0 Å². The van der Waals surface area contributed by atoms with E-state index >= 15 is 0 Å². The highest BCUT2D eigenvalue weighted by atomic mass is 35.5. The summed E-state index contributed by atoms with van der Waals surface area (Å²) in [5, 5.41) is 16.9. The molecule has 0 aliphatic carbocycles. The fourth-order valence-electron chi connectivity index (χ4n) is 6.03. The Hall–Kier alpha value is -3.99. The third kappa shape index (κ3) is 6.43. The molecule has 2 fully saturated rings. The molecule has 0 spiro atoms. The van der Waals surface area contributed by atoms with Gasteiger partial charge in [0, 0.05) is 39.1 Å². The van der Waals surface area contributed by atoms with Crippen molar-refractivity contribution in [2.45, 2.75) is 38.1 Å². The fraction of sp³-hybridized carbons (Fsp3) is 0.344. The number of urea groups is 1. The van der Waals surface area contributed by atoms with Crippen molar-refractivity contribution in [3.05, 3.63) is 93.5 Å². The molecule has 3 aromatic rings. The van der Waals surface area contributed by atoms with Gasteiger partial charge in [-0.1, -0.05) is 65.7 Å². The average Bonchev–Trinajstić information content (AvgIpc) is 2.96. The van der Waals surface area contributed by atoms with Gasteiger partial charge in [0.25, 0.3) is 0 Å². The van der Waals surface area contributed by atoms with Crippen molar-refractivity contribution >= 4 is 46.7 Å². The number of nitrogens with one attached hydrogen (secondary N) is 1. The predicted octanol–water partition coefficient (Wildman–Crippen LogP) is 4.51. The standard InChI is InChI=1S/C32H36Cl2N6O4/c1-20(22-8-6-5-7-9-22)35-32(44)40-28-18-38(17-23-15-24(33)16-26(34)30(23)36(2)3)31(43)27(39(28)29(42)19-37(40)4)14-21-10-12-25(41)13-11-21/h5-13,15-16,20,27-28,41H,14,17-19H2,1-4H3,(H,35,44)/t20-,27-,28?/m0/s1. The number of carbonyl (C=O) groups is 3. The van der Waals surface area contributed by atoms with Crippen LogP contribution in [0.1, 0.15) is 29.7 Å². The van der Waals surface area contributed by atoms with Crippen LogP contribution in [0.25, 0.3) is 0 Å². The topological polar surface area (TPSA) is 99.7 Å². The van der Waals surface area contributed by atoms with Gasteiger partial charge >= 0.3 is 6.03 Å². The number of nitrogens with zero attached hydrogens (tertiary/aromatic N) is 5. The second-order valence-electron chi connectivity index (χ2n) is 11.4. The Morgan fingerprint density at radius 3 is 2.41 bits per heavy atom. The lowest BCUT2D eigenvalue weighted by atomic mass is 9.98. The van der Waals surface area contributed by atoms with E-state index in [1.54, 1.807) is 53.4 Å². The van der Waals surface area contributed by atoms with Gasteiger partial charge in [-0.05, 0) is 47.9 Å². The molecule has 2 aliphatic rings. The minimum atomic E-state index is -0.890. The molecule has 12 heteroatoms. The van der Waals surface area contributed by atoms with Gasteiger partial charge in [-0.2, -0.15) is 0 Å². The number of anilines is 1. The van der Waals surface area contributed by atoms with E-state index in [9.17, 15) is 19.5 Å². The van der Waals surface area contributed by atoms with Crippen LogP contribution in [-0.2, 0) is 22.6 Å². The fourth-order valence-corrected chi connectivity index (χ4v) is 6.73. The number of carbonyl (C=O) groups excluding carboxylic acids is 3. The van der Waals surface area contributed by atoms with Gasteiger partial charge in [0.1, 0.15) is 18.0 Å². The Labute approximate surface area is 267 Å². The number of phenolic OH excluding ortho intramolecular Hbond substituents is 1. The van der Waals surface area contributed by atoms with Crippen molar-refractivity contribution in [2.24, 2.45) is 0 Å². The Morgan fingerprint density at radius 1 is 1.07 bits per heavy atom. The second-order valence-corrected chi connectivity index (χ2v) is 12.3. The molecule has 0 saturated carbocycles. The SMILES string of the molecule is C[C@H](NC(=O)N1C2CN(Cc3cc(Cl)cc(Cl)c3N(C)C)C(=O)[C@H](Cc3ccc(O)cc3)N2C(=O)CN1C)c1ccccc1. The van der Waals surface area contributed by atoms with E-state index in [2.05, 4.69) is 5.32 Å². The van der Waals surface area contributed by atoms with Crippen LogP contribution in [0.2, 0.25) is 10.0 Å². The first kappa shape index (κ1) is 31.4. The molecule has 0 radical (unpaired) electrons. The summed E-state index contributed by atoms with van der Waals surface area (Å²) in [6, 6.07) is 18.0. The molecule has 5 rings (SSSR count). The van der Waals surface area contributed by atoms with Crippen molar-refractivity contribution in [1.29, 1.82) is 0 Å². The lowest BCUT2D eigenvalue weighted by Gasteiger charge is -2.54. The van der Waals surface area contributed by atoms with Crippen LogP contribution >= 0.6 is 23.2 Å². The van der Waals surface area contributed by atoms with E-state index in [-0.39, 0.29) is 55.7 Å². The molecule has 10 nitrogen and oxygen atoms in total. The summed E-state index contributed by atoms with van der Waals surface area (Å²) in [6.07, 6.45) is -0.574. The highest BCUT2D eigenvalue weighted by Crippen LogP contribution is 2.35. The lowest BCUT2D eigenvalue weighted by molar-refractivity contribution is -0.187. The number of hydrogen-bond donors (Lipinski definition) is 2. The van der Waals surface area contributed by atoms with Crippen LogP contribution < -0.4 is 10.2 Å². The Kier molecular flexibility index (Phi) is 9.24. The predicted molar refractivity (Wildman–Crippen MR) is 170 cm³/mol. The van der Waals surface area contributed by atoms with Crippen molar-refractivity contribution in [3.8, 4) is 5.75 Å². The van der Waals surface area contributed by atoms with Gasteiger partial charge in [-0.3, -0.25) is 9.59 Å². The molecule has 1 unspecified atom stereocenters. The van der Waals surface area contributed by atoms with Gasteiger partial charge in [-0.25, -0.2) is 14.8 Å². The number of likely N-dealkylation sites (N-methyl/N-ethyl adjacent to an activating group) is 1. The number of benzene rings is 3. The van der Waals surface area contributed by atoms with Gasteiger partial charge in [0.15, 0.2) is 0 Å². The van der Waals surface area contributed by atoms with Crippen molar-refractivity contribution < 1.29 is 19.5 Å². The molecular weight excluding hydrogens is 603 g/mol. The zero-order valence-electron chi connectivity index (χ0n) is 25.1. The van der Waals surface area contributed by atoms with E-state index in [0.29, 0.717) is 10.0 Å². The number of halogens is 2. The molecule has 3 aromatic carbocycles. The zero-order chi connectivity index (χ0) is 31.7. The van der Waals surface area contributed by atoms with Crippen LogP contribution in [0.15, 0.2) is 66.7 Å². The summed E-state index contributed by atoms with van der Waals surface area (Å²) in [4.78, 5) is 46.8. The molecule has 232 valence electrons. The first-order valence-corrected chi connectivity index (χ1v) is 15.1. The van der Waals surface area contributed by atoms with Crippen molar-refractivity contribution in [2.75, 3.05) is 39.1 Å². The molecular formula is C32H36Cl2N6O4. The number of aromatic hydroxyl groups is 1. The zero-order valence-corrected chi connectivity index (χ0v) is 26.6. The van der Waals surface area contributed by atoms with Crippen LogP contribution in [0.4, 0.5) is 10.5 Å². The Morgan fingerprint density at radius 2 is 1.75 bits per heavy atom. The van der Waals surface area contributed by atoms with Crippen molar-refractivity contribution in [1.82, 2.24) is 25.1 Å². The molecule has 3 atom stereocenters. The third-order valence-electron chi connectivity index (χ3n) is 8.07. The summed E-state index contributed by atoms with van der Waals surface area (Å²) in [5.41, 5.74) is 3.17. The minimum Gasteiger partial charge on any atom is -0.508 e. The molecule has 2 heterocycles. The monoisotopic (exact) mass is 638 g/mol. The molecule has 0 bridgehead atoms. The smallest absolute Gasteiger partial charge is 0.334 e. The number of hydrazine groups is 1. The maximum absolute atomic E-state index is 14.2. The van der Waals surface area contributed by atoms with Gasteiger partial charge in [-0.15, -0.1) is 0 Å². The number of rotatable bonds is 7. The van der Waals surface area contributed by atoms with Crippen LogP contribution in [-0.4, -0.2) is 89.2 Å². The summed E-state index contributed by atoms with van der Waals surface area (Å²) < 4.78 is 0. The number of phenols is 1. The van der Waals surface area contributed by atoms with Crippen LogP contribution in [0, 0.1) is 0 Å². The molecule has 4 amide bonds. The number of amides is 4. The maximum Gasteiger partial charge on any atom is 0.334 e. The minimum absolute atomic E-state index is 0.0718.